The van der Waals surface area contributed by atoms with Crippen molar-refractivity contribution >= 4 is 44.9 Å². The fourth-order valence-electron chi connectivity index (χ4n) is 5.06. The van der Waals surface area contributed by atoms with Crippen LogP contribution in [0.3, 0.4) is 0 Å². The molecule has 0 fully saturated rings. The number of aromatic nitrogens is 2. The zero-order valence-electron chi connectivity index (χ0n) is 18.9. The summed E-state index contributed by atoms with van der Waals surface area (Å²) < 4.78 is 20.0. The van der Waals surface area contributed by atoms with Crippen molar-refractivity contribution in [2.45, 2.75) is 32.2 Å². The highest BCUT2D eigenvalue weighted by Gasteiger charge is 2.66. The molecule has 35 heavy (non-hydrogen) atoms. The van der Waals surface area contributed by atoms with Crippen LogP contribution in [0.25, 0.3) is 11.0 Å². The summed E-state index contributed by atoms with van der Waals surface area (Å²) >= 11 is 1.18. The predicted molar refractivity (Wildman–Crippen MR) is 128 cm³/mol. The van der Waals surface area contributed by atoms with Gasteiger partial charge in [-0.05, 0) is 37.1 Å². The zero-order valence-corrected chi connectivity index (χ0v) is 19.7. The third-order valence-electron chi connectivity index (χ3n) is 6.48. The molecule has 1 spiro atoms. The number of carbonyl (C=O) groups is 2. The molecular weight excluding hydrogens is 471 g/mol. The van der Waals surface area contributed by atoms with Crippen molar-refractivity contribution in [1.82, 2.24) is 10.2 Å². The van der Waals surface area contributed by atoms with Gasteiger partial charge in [-0.15, -0.1) is 10.2 Å². The molecule has 4 heterocycles. The lowest BCUT2D eigenvalue weighted by Gasteiger charge is -2.32. The minimum atomic E-state index is -1.83. The number of benzene rings is 2. The quantitative estimate of drug-likeness (QED) is 0.429. The predicted octanol–water partition coefficient (Wildman–Crippen LogP) is 4.01. The van der Waals surface area contributed by atoms with Crippen molar-refractivity contribution in [2.24, 2.45) is 0 Å². The monoisotopic (exact) mass is 490 g/mol. The number of hydrogen-bond acceptors (Lipinski definition) is 7. The fraction of sp³-hybridized carbons (Fsp3) is 0.240. The van der Waals surface area contributed by atoms with Crippen LogP contribution < -0.4 is 15.2 Å². The number of fused-ring (bicyclic) bond motifs is 5. The first-order valence-corrected chi connectivity index (χ1v) is 12.1. The molecule has 2 aliphatic rings. The lowest BCUT2D eigenvalue weighted by Crippen LogP contribution is -2.53. The van der Waals surface area contributed by atoms with Gasteiger partial charge in [0.15, 0.2) is 11.0 Å². The summed E-state index contributed by atoms with van der Waals surface area (Å²) in [6, 6.07) is 10.6. The van der Waals surface area contributed by atoms with E-state index in [1.807, 2.05) is 13.8 Å². The molecule has 176 valence electrons. The van der Waals surface area contributed by atoms with Gasteiger partial charge in [0.2, 0.25) is 10.9 Å². The van der Waals surface area contributed by atoms with Crippen molar-refractivity contribution in [1.29, 1.82) is 0 Å². The molecule has 0 bridgehead atoms. The minimum Gasteiger partial charge on any atom is -0.450 e. The maximum atomic E-state index is 14.3. The molecule has 0 saturated carbocycles. The second kappa shape index (κ2) is 7.54. The topological polar surface area (TPSA) is 96.6 Å². The van der Waals surface area contributed by atoms with Crippen LogP contribution in [-0.2, 0) is 16.8 Å². The number of aryl methyl sites for hydroxylation is 1. The molecule has 2 aliphatic heterocycles. The lowest BCUT2D eigenvalue weighted by atomic mass is 9.84. The van der Waals surface area contributed by atoms with Crippen molar-refractivity contribution in [3.05, 3.63) is 80.4 Å². The van der Waals surface area contributed by atoms with E-state index in [1.54, 1.807) is 29.2 Å². The maximum absolute atomic E-state index is 14.3. The molecule has 1 atom stereocenters. The first-order chi connectivity index (χ1) is 16.9. The van der Waals surface area contributed by atoms with Crippen LogP contribution >= 0.6 is 11.3 Å². The van der Waals surface area contributed by atoms with Gasteiger partial charge in [-0.25, -0.2) is 4.39 Å². The second-order valence-corrected chi connectivity index (χ2v) is 9.47. The summed E-state index contributed by atoms with van der Waals surface area (Å²) in [4.78, 5) is 45.0. The number of para-hydroxylation sites is 1. The molecule has 0 aliphatic carbocycles. The standard InChI is InChI=1S/C25H19FN4O4S/c1-3-11-29-16-8-6-5-7-15(16)25(23(29)33)19-20(31)14-12-13(26)9-10-17(14)34-21(19)22(32)30(25)24-28-27-18(4-2)35-24/h5-10,12H,3-4,11H2,1-2H3. The number of amides is 2. The normalized spacial score (nSPS) is 18.7. The van der Waals surface area contributed by atoms with Gasteiger partial charge in [-0.2, -0.15) is 0 Å². The van der Waals surface area contributed by atoms with Gasteiger partial charge in [-0.1, -0.05) is 43.4 Å². The van der Waals surface area contributed by atoms with Crippen molar-refractivity contribution in [2.75, 3.05) is 16.3 Å². The molecule has 10 heteroatoms. The Morgan fingerprint density at radius 1 is 1.09 bits per heavy atom. The van der Waals surface area contributed by atoms with Gasteiger partial charge >= 0.3 is 0 Å². The number of carbonyl (C=O) groups excluding carboxylic acids is 2. The highest BCUT2D eigenvalue weighted by atomic mass is 32.1. The Hall–Kier alpha value is -3.92. The van der Waals surface area contributed by atoms with E-state index in [-0.39, 0.29) is 27.4 Å². The molecule has 0 N–H and O–H groups in total. The van der Waals surface area contributed by atoms with Crippen molar-refractivity contribution in [3.8, 4) is 0 Å². The SMILES string of the molecule is CCCN1C(=O)C2(c3ccccc31)c1c(oc3ccc(F)cc3c1=O)C(=O)N2c1nnc(CC)s1. The number of rotatable bonds is 4. The van der Waals surface area contributed by atoms with Crippen LogP contribution in [0.4, 0.5) is 15.2 Å². The first kappa shape index (κ1) is 21.6. The van der Waals surface area contributed by atoms with E-state index in [9.17, 15) is 18.8 Å². The second-order valence-electron chi connectivity index (χ2n) is 8.43. The van der Waals surface area contributed by atoms with E-state index in [0.29, 0.717) is 35.6 Å². The third-order valence-corrected chi connectivity index (χ3v) is 7.54. The molecule has 4 aromatic rings. The van der Waals surface area contributed by atoms with Gasteiger partial charge in [0.05, 0.1) is 16.6 Å². The van der Waals surface area contributed by atoms with Crippen LogP contribution in [-0.4, -0.2) is 28.6 Å². The molecule has 0 saturated heterocycles. The summed E-state index contributed by atoms with van der Waals surface area (Å²) in [6.07, 6.45) is 1.25. The molecule has 2 aromatic heterocycles. The first-order valence-electron chi connectivity index (χ1n) is 11.3. The van der Waals surface area contributed by atoms with Gasteiger partial charge in [0.1, 0.15) is 16.4 Å². The molecular formula is C25H19FN4O4S. The molecule has 0 radical (unpaired) electrons. The van der Waals surface area contributed by atoms with Crippen molar-refractivity contribution < 1.29 is 18.4 Å². The van der Waals surface area contributed by atoms with Gasteiger partial charge in [0.25, 0.3) is 11.8 Å². The van der Waals surface area contributed by atoms with E-state index in [1.165, 1.54) is 22.3 Å². The number of hydrogen-bond donors (Lipinski definition) is 0. The van der Waals surface area contributed by atoms with E-state index < -0.39 is 28.6 Å². The Labute approximate surface area is 202 Å². The van der Waals surface area contributed by atoms with Crippen molar-refractivity contribution in [3.63, 3.8) is 0 Å². The summed E-state index contributed by atoms with van der Waals surface area (Å²) in [5, 5.41) is 9.19. The van der Waals surface area contributed by atoms with Crippen LogP contribution in [0, 0.1) is 5.82 Å². The van der Waals surface area contributed by atoms with Crippen LogP contribution in [0.1, 0.15) is 47.0 Å². The number of halogens is 1. The maximum Gasteiger partial charge on any atom is 0.297 e. The number of nitrogens with zero attached hydrogens (tertiary/aromatic N) is 4. The minimum absolute atomic E-state index is 0.0384. The summed E-state index contributed by atoms with van der Waals surface area (Å²) in [6.45, 7) is 4.24. The van der Waals surface area contributed by atoms with Gasteiger partial charge in [-0.3, -0.25) is 19.3 Å². The summed E-state index contributed by atoms with van der Waals surface area (Å²) in [7, 11) is 0. The molecule has 2 aromatic carbocycles. The third kappa shape index (κ3) is 2.68. The van der Waals surface area contributed by atoms with E-state index in [2.05, 4.69) is 10.2 Å². The smallest absolute Gasteiger partial charge is 0.297 e. The van der Waals surface area contributed by atoms with Crippen LogP contribution in [0.2, 0.25) is 0 Å². The largest absolute Gasteiger partial charge is 0.450 e. The van der Waals surface area contributed by atoms with E-state index in [0.717, 1.165) is 12.1 Å². The van der Waals surface area contributed by atoms with E-state index in [4.69, 9.17) is 4.42 Å². The summed E-state index contributed by atoms with van der Waals surface area (Å²) in [5.74, 6) is -1.99. The van der Waals surface area contributed by atoms with E-state index >= 15 is 0 Å². The molecule has 8 nitrogen and oxygen atoms in total. The summed E-state index contributed by atoms with van der Waals surface area (Å²) in [5.41, 5.74) is -1.44. The average molecular weight is 491 g/mol. The Bertz CT molecular complexity index is 1610. The Balaban J connectivity index is 1.76. The Kier molecular flexibility index (Phi) is 4.65. The fourth-order valence-corrected chi connectivity index (χ4v) is 5.89. The molecule has 1 unspecified atom stereocenters. The highest BCUT2D eigenvalue weighted by Crippen LogP contribution is 2.54. The molecule has 6 rings (SSSR count). The lowest BCUT2D eigenvalue weighted by molar-refractivity contribution is -0.121. The van der Waals surface area contributed by atoms with Crippen LogP contribution in [0.5, 0.6) is 0 Å². The van der Waals surface area contributed by atoms with Gasteiger partial charge < -0.3 is 9.32 Å². The zero-order chi connectivity index (χ0) is 24.5. The number of anilines is 2. The highest BCUT2D eigenvalue weighted by molar-refractivity contribution is 7.15. The average Bonchev–Trinajstić information content (AvgIpc) is 3.50. The Morgan fingerprint density at radius 3 is 2.63 bits per heavy atom. The Morgan fingerprint density at radius 2 is 1.89 bits per heavy atom. The molecule has 2 amide bonds. The van der Waals surface area contributed by atoms with Crippen LogP contribution in [0.15, 0.2) is 51.7 Å². The van der Waals surface area contributed by atoms with Gasteiger partial charge in [0, 0.05) is 12.1 Å².